The van der Waals surface area contributed by atoms with E-state index in [1.54, 1.807) is 6.07 Å². The van der Waals surface area contributed by atoms with E-state index in [1.165, 1.54) is 6.07 Å². The van der Waals surface area contributed by atoms with Crippen LogP contribution in [0.25, 0.3) is 11.0 Å². The molecule has 6 heteroatoms. The number of imidazole rings is 1. The number of aromatic nitrogens is 2. The first-order valence-corrected chi connectivity index (χ1v) is 4.83. The molecule has 1 aromatic carbocycles. The van der Waals surface area contributed by atoms with Crippen molar-refractivity contribution in [3.05, 3.63) is 27.5 Å². The zero-order chi connectivity index (χ0) is 10.3. The van der Waals surface area contributed by atoms with Crippen LogP contribution in [-0.4, -0.2) is 21.0 Å². The number of carboxylic acid groups (broad SMARTS) is 1. The minimum Gasteiger partial charge on any atom is -0.478 e. The fourth-order valence-corrected chi connectivity index (χ4v) is 1.85. The summed E-state index contributed by atoms with van der Waals surface area (Å²) in [5.41, 5.74) is 1.02. The number of aromatic amines is 1. The van der Waals surface area contributed by atoms with Gasteiger partial charge in [-0.05, 0) is 28.1 Å². The molecule has 0 saturated heterocycles. The maximum Gasteiger partial charge on any atom is 0.339 e. The fourth-order valence-electron chi connectivity index (χ4n) is 1.22. The number of H-pyrrole nitrogens is 1. The number of carbonyl (C=O) groups is 1. The lowest BCUT2D eigenvalue weighted by molar-refractivity contribution is 0.0699. The molecular formula is C8H4BrClN2O2. The zero-order valence-corrected chi connectivity index (χ0v) is 9.06. The molecule has 1 heterocycles. The summed E-state index contributed by atoms with van der Waals surface area (Å²) in [6.45, 7) is 0. The Bertz CT molecular complexity index is 523. The van der Waals surface area contributed by atoms with Gasteiger partial charge in [-0.25, -0.2) is 9.78 Å². The summed E-state index contributed by atoms with van der Waals surface area (Å²) in [4.78, 5) is 17.7. The van der Waals surface area contributed by atoms with E-state index in [9.17, 15) is 4.79 Å². The van der Waals surface area contributed by atoms with Gasteiger partial charge >= 0.3 is 5.97 Å². The number of hydrogen-bond acceptors (Lipinski definition) is 2. The average Bonchev–Trinajstić information content (AvgIpc) is 2.43. The highest BCUT2D eigenvalue weighted by molar-refractivity contribution is 9.10. The Hall–Kier alpha value is -1.07. The Morgan fingerprint density at radius 3 is 2.93 bits per heavy atom. The Kier molecular flexibility index (Phi) is 2.20. The molecule has 2 rings (SSSR count). The van der Waals surface area contributed by atoms with Crippen LogP contribution in [0.15, 0.2) is 16.9 Å². The molecule has 0 radical (unpaired) electrons. The monoisotopic (exact) mass is 274 g/mol. The lowest BCUT2D eigenvalue weighted by Gasteiger charge is -1.98. The number of rotatable bonds is 1. The van der Waals surface area contributed by atoms with Crippen LogP contribution >= 0.6 is 27.5 Å². The smallest absolute Gasteiger partial charge is 0.339 e. The first kappa shape index (κ1) is 9.48. The molecular weight excluding hydrogens is 271 g/mol. The number of hydrogen-bond donors (Lipinski definition) is 2. The molecule has 0 aliphatic carbocycles. The lowest BCUT2D eigenvalue weighted by Crippen LogP contribution is -1.98. The third kappa shape index (κ3) is 1.38. The molecule has 0 spiro atoms. The Morgan fingerprint density at radius 1 is 1.57 bits per heavy atom. The third-order valence-corrected chi connectivity index (χ3v) is 2.48. The van der Waals surface area contributed by atoms with E-state index in [2.05, 4.69) is 25.9 Å². The number of nitrogens with one attached hydrogen (secondary N) is 1. The van der Waals surface area contributed by atoms with Gasteiger partial charge in [-0.2, -0.15) is 0 Å². The Morgan fingerprint density at radius 2 is 2.29 bits per heavy atom. The van der Waals surface area contributed by atoms with Crippen LogP contribution in [-0.2, 0) is 0 Å². The highest BCUT2D eigenvalue weighted by Gasteiger charge is 2.15. The van der Waals surface area contributed by atoms with Crippen molar-refractivity contribution in [3.8, 4) is 0 Å². The van der Waals surface area contributed by atoms with Crippen molar-refractivity contribution >= 4 is 44.5 Å². The van der Waals surface area contributed by atoms with Gasteiger partial charge in [-0.15, -0.1) is 0 Å². The minimum absolute atomic E-state index is 0.0196. The summed E-state index contributed by atoms with van der Waals surface area (Å²) in [5.74, 6) is -1.08. The molecule has 0 aliphatic heterocycles. The highest BCUT2D eigenvalue weighted by Crippen LogP contribution is 2.25. The largest absolute Gasteiger partial charge is 0.478 e. The van der Waals surface area contributed by atoms with Crippen LogP contribution in [0.2, 0.25) is 5.02 Å². The summed E-state index contributed by atoms with van der Waals surface area (Å²) in [6, 6.07) is 3.21. The van der Waals surface area contributed by atoms with Gasteiger partial charge in [0.1, 0.15) is 11.1 Å². The van der Waals surface area contributed by atoms with Gasteiger partial charge in [0.2, 0.25) is 0 Å². The van der Waals surface area contributed by atoms with Gasteiger partial charge in [0.05, 0.1) is 10.5 Å². The summed E-state index contributed by atoms with van der Waals surface area (Å²) < 4.78 is 0.484. The predicted octanol–water partition coefficient (Wildman–Crippen LogP) is 2.68. The maximum absolute atomic E-state index is 10.9. The van der Waals surface area contributed by atoms with E-state index in [0.29, 0.717) is 15.8 Å². The van der Waals surface area contributed by atoms with Crippen molar-refractivity contribution in [2.75, 3.05) is 0 Å². The van der Waals surface area contributed by atoms with Crippen LogP contribution in [0.1, 0.15) is 10.4 Å². The van der Waals surface area contributed by atoms with E-state index >= 15 is 0 Å². The molecule has 0 unspecified atom stereocenters. The molecule has 2 aromatic rings. The van der Waals surface area contributed by atoms with E-state index in [0.717, 1.165) is 0 Å². The number of aromatic carboxylic acids is 1. The second-order valence-electron chi connectivity index (χ2n) is 2.65. The van der Waals surface area contributed by atoms with Crippen molar-refractivity contribution < 1.29 is 9.90 Å². The topological polar surface area (TPSA) is 66.0 Å². The van der Waals surface area contributed by atoms with Gasteiger partial charge in [0, 0.05) is 0 Å². The highest BCUT2D eigenvalue weighted by atomic mass is 79.9. The first-order chi connectivity index (χ1) is 6.59. The predicted molar refractivity (Wildman–Crippen MR) is 55.8 cm³/mol. The van der Waals surface area contributed by atoms with Crippen molar-refractivity contribution in [2.45, 2.75) is 0 Å². The summed E-state index contributed by atoms with van der Waals surface area (Å²) in [5, 5.41) is 9.10. The van der Waals surface area contributed by atoms with Crippen molar-refractivity contribution in [2.24, 2.45) is 0 Å². The normalized spacial score (nSPS) is 10.7. The number of fused-ring (bicyclic) bond motifs is 1. The SMILES string of the molecule is O=C(O)c1c(Cl)ccc2[nH]c(Br)nc12. The molecule has 0 amide bonds. The first-order valence-electron chi connectivity index (χ1n) is 3.66. The molecule has 72 valence electrons. The fraction of sp³-hybridized carbons (Fsp3) is 0. The molecule has 0 aliphatic rings. The standard InChI is InChI=1S/C8H4BrClN2O2/c9-8-11-4-2-1-3(10)5(7(13)14)6(4)12-8/h1-2H,(H,11,12)(H,13,14). The van der Waals surface area contributed by atoms with Crippen molar-refractivity contribution in [3.63, 3.8) is 0 Å². The van der Waals surface area contributed by atoms with Crippen molar-refractivity contribution in [1.82, 2.24) is 9.97 Å². The second-order valence-corrected chi connectivity index (χ2v) is 3.81. The van der Waals surface area contributed by atoms with Crippen LogP contribution < -0.4 is 0 Å². The van der Waals surface area contributed by atoms with Gasteiger partial charge < -0.3 is 10.1 Å². The number of halogens is 2. The molecule has 14 heavy (non-hydrogen) atoms. The van der Waals surface area contributed by atoms with Crippen molar-refractivity contribution in [1.29, 1.82) is 0 Å². The number of benzene rings is 1. The molecule has 0 fully saturated rings. The summed E-state index contributed by atoms with van der Waals surface area (Å²) >= 11 is 8.89. The summed E-state index contributed by atoms with van der Waals surface area (Å²) in [7, 11) is 0. The number of carboxylic acids is 1. The third-order valence-electron chi connectivity index (χ3n) is 1.79. The Balaban J connectivity index is 2.88. The second kappa shape index (κ2) is 3.25. The molecule has 4 nitrogen and oxygen atoms in total. The number of nitrogens with zero attached hydrogens (tertiary/aromatic N) is 1. The van der Waals surface area contributed by atoms with Gasteiger partial charge in [-0.3, -0.25) is 0 Å². The van der Waals surface area contributed by atoms with Gasteiger partial charge in [0.15, 0.2) is 4.73 Å². The van der Waals surface area contributed by atoms with Crippen LogP contribution in [0.4, 0.5) is 0 Å². The van der Waals surface area contributed by atoms with Gasteiger partial charge in [-0.1, -0.05) is 11.6 Å². The van der Waals surface area contributed by atoms with Gasteiger partial charge in [0.25, 0.3) is 0 Å². The van der Waals surface area contributed by atoms with Crippen LogP contribution in [0.3, 0.4) is 0 Å². The average molecular weight is 275 g/mol. The lowest BCUT2D eigenvalue weighted by atomic mass is 10.2. The quantitative estimate of drug-likeness (QED) is 0.841. The van der Waals surface area contributed by atoms with Crippen LogP contribution in [0.5, 0.6) is 0 Å². The Labute approximate surface area is 92.0 Å². The minimum atomic E-state index is -1.08. The molecule has 0 saturated carbocycles. The molecule has 2 N–H and O–H groups in total. The van der Waals surface area contributed by atoms with E-state index < -0.39 is 5.97 Å². The summed E-state index contributed by atoms with van der Waals surface area (Å²) in [6.07, 6.45) is 0. The molecule has 0 bridgehead atoms. The van der Waals surface area contributed by atoms with E-state index in [4.69, 9.17) is 16.7 Å². The maximum atomic E-state index is 10.9. The van der Waals surface area contributed by atoms with Crippen LogP contribution in [0, 0.1) is 0 Å². The van der Waals surface area contributed by atoms with E-state index in [-0.39, 0.29) is 10.6 Å². The molecule has 1 aromatic heterocycles. The van der Waals surface area contributed by atoms with E-state index in [1.807, 2.05) is 0 Å². The zero-order valence-electron chi connectivity index (χ0n) is 6.71. The molecule has 0 atom stereocenters.